The number of nitrogens with zero attached hydrogens (tertiary/aromatic N) is 1. The van der Waals surface area contributed by atoms with Crippen LogP contribution in [0.3, 0.4) is 0 Å². The highest BCUT2D eigenvalue weighted by molar-refractivity contribution is 7.89. The molecule has 0 aliphatic heterocycles. The highest BCUT2D eigenvalue weighted by Gasteiger charge is 2.14. The molecule has 0 bridgehead atoms. The molecule has 18 heavy (non-hydrogen) atoms. The molecule has 2 amide bonds. The van der Waals surface area contributed by atoms with E-state index >= 15 is 0 Å². The molecule has 0 heterocycles. The molecule has 0 aromatic heterocycles. The van der Waals surface area contributed by atoms with Crippen molar-refractivity contribution in [2.45, 2.75) is 19.4 Å². The van der Waals surface area contributed by atoms with Crippen LogP contribution in [0.4, 0.5) is 4.79 Å². The van der Waals surface area contributed by atoms with Crippen LogP contribution in [-0.2, 0) is 14.8 Å². The van der Waals surface area contributed by atoms with Gasteiger partial charge in [-0.1, -0.05) is 0 Å². The SMILES string of the molecule is CC(CC(=O)O)NC(=O)NCCS(=O)(=O)N(C)C. The topological polar surface area (TPSA) is 116 Å². The van der Waals surface area contributed by atoms with Gasteiger partial charge >= 0.3 is 12.0 Å². The Balaban J connectivity index is 3.95. The van der Waals surface area contributed by atoms with Gasteiger partial charge in [0.1, 0.15) is 0 Å². The maximum atomic E-state index is 11.4. The number of carbonyl (C=O) groups is 2. The fourth-order valence-electron chi connectivity index (χ4n) is 1.06. The fraction of sp³-hybridized carbons (Fsp3) is 0.778. The van der Waals surface area contributed by atoms with Crippen LogP contribution >= 0.6 is 0 Å². The van der Waals surface area contributed by atoms with Gasteiger partial charge < -0.3 is 15.7 Å². The van der Waals surface area contributed by atoms with E-state index in [-0.39, 0.29) is 18.7 Å². The molecule has 106 valence electrons. The Morgan fingerprint density at radius 3 is 2.33 bits per heavy atom. The lowest BCUT2D eigenvalue weighted by atomic mass is 10.2. The number of nitrogens with one attached hydrogen (secondary N) is 2. The quantitative estimate of drug-likeness (QED) is 0.556. The summed E-state index contributed by atoms with van der Waals surface area (Å²) in [7, 11) is -0.530. The average Bonchev–Trinajstić information content (AvgIpc) is 2.14. The van der Waals surface area contributed by atoms with E-state index in [1.807, 2.05) is 0 Å². The number of carboxylic acids is 1. The first kappa shape index (κ1) is 16.6. The average molecular weight is 281 g/mol. The zero-order valence-electron chi connectivity index (χ0n) is 10.6. The zero-order valence-corrected chi connectivity index (χ0v) is 11.5. The monoisotopic (exact) mass is 281 g/mol. The van der Waals surface area contributed by atoms with E-state index in [1.165, 1.54) is 14.1 Å². The van der Waals surface area contributed by atoms with Crippen LogP contribution < -0.4 is 10.6 Å². The van der Waals surface area contributed by atoms with Crippen LogP contribution in [0.25, 0.3) is 0 Å². The number of carbonyl (C=O) groups excluding carboxylic acids is 1. The second kappa shape index (κ2) is 7.17. The minimum atomic E-state index is -3.34. The highest BCUT2D eigenvalue weighted by Crippen LogP contribution is 1.93. The van der Waals surface area contributed by atoms with Gasteiger partial charge in [0.25, 0.3) is 0 Å². The molecule has 0 fully saturated rings. The largest absolute Gasteiger partial charge is 0.481 e. The van der Waals surface area contributed by atoms with Gasteiger partial charge in [-0.2, -0.15) is 0 Å². The first-order chi connectivity index (χ1) is 8.15. The van der Waals surface area contributed by atoms with Crippen LogP contribution in [0, 0.1) is 0 Å². The predicted molar refractivity (Wildman–Crippen MR) is 65.7 cm³/mol. The van der Waals surface area contributed by atoms with Crippen LogP contribution in [0.1, 0.15) is 13.3 Å². The lowest BCUT2D eigenvalue weighted by molar-refractivity contribution is -0.137. The van der Waals surface area contributed by atoms with E-state index in [1.54, 1.807) is 6.92 Å². The van der Waals surface area contributed by atoms with Crippen molar-refractivity contribution in [1.82, 2.24) is 14.9 Å². The molecule has 3 N–H and O–H groups in total. The Labute approximate surface area is 106 Å². The number of hydrogen-bond donors (Lipinski definition) is 3. The predicted octanol–water partition coefficient (Wildman–Crippen LogP) is -0.960. The van der Waals surface area contributed by atoms with Crippen molar-refractivity contribution >= 4 is 22.0 Å². The van der Waals surface area contributed by atoms with Gasteiger partial charge in [0.2, 0.25) is 10.0 Å². The third-order valence-corrected chi connectivity index (χ3v) is 3.89. The summed E-state index contributed by atoms with van der Waals surface area (Å²) >= 11 is 0. The summed E-state index contributed by atoms with van der Waals surface area (Å²) in [5.74, 6) is -1.22. The Kier molecular flexibility index (Phi) is 6.63. The molecular weight excluding hydrogens is 262 g/mol. The maximum Gasteiger partial charge on any atom is 0.315 e. The molecule has 0 aliphatic rings. The molecule has 0 aromatic rings. The van der Waals surface area contributed by atoms with Crippen LogP contribution in [0.15, 0.2) is 0 Å². The van der Waals surface area contributed by atoms with Crippen LogP contribution in [0.5, 0.6) is 0 Å². The summed E-state index contributed by atoms with van der Waals surface area (Å²) in [6.45, 7) is 1.51. The van der Waals surface area contributed by atoms with E-state index in [0.717, 1.165) is 4.31 Å². The zero-order chi connectivity index (χ0) is 14.3. The van der Waals surface area contributed by atoms with Crippen LogP contribution in [-0.4, -0.2) is 62.3 Å². The Morgan fingerprint density at radius 1 is 1.33 bits per heavy atom. The first-order valence-electron chi connectivity index (χ1n) is 5.31. The third-order valence-electron chi connectivity index (χ3n) is 2.06. The fourth-order valence-corrected chi connectivity index (χ4v) is 1.79. The maximum absolute atomic E-state index is 11.4. The molecule has 0 saturated heterocycles. The van der Waals surface area contributed by atoms with Crippen molar-refractivity contribution in [3.8, 4) is 0 Å². The molecule has 0 spiro atoms. The van der Waals surface area contributed by atoms with E-state index in [9.17, 15) is 18.0 Å². The van der Waals surface area contributed by atoms with E-state index in [4.69, 9.17) is 5.11 Å². The van der Waals surface area contributed by atoms with Crippen molar-refractivity contribution in [2.24, 2.45) is 0 Å². The van der Waals surface area contributed by atoms with Gasteiger partial charge in [-0.25, -0.2) is 17.5 Å². The van der Waals surface area contributed by atoms with Crippen molar-refractivity contribution in [1.29, 1.82) is 0 Å². The van der Waals surface area contributed by atoms with Crippen molar-refractivity contribution in [3.05, 3.63) is 0 Å². The summed E-state index contributed by atoms with van der Waals surface area (Å²) in [6, 6.07) is -1.11. The highest BCUT2D eigenvalue weighted by atomic mass is 32.2. The number of amides is 2. The van der Waals surface area contributed by atoms with Gasteiger partial charge in [-0.05, 0) is 6.92 Å². The smallest absolute Gasteiger partial charge is 0.315 e. The molecule has 1 unspecified atom stereocenters. The van der Waals surface area contributed by atoms with Gasteiger partial charge in [-0.3, -0.25) is 4.79 Å². The minimum Gasteiger partial charge on any atom is -0.481 e. The van der Waals surface area contributed by atoms with Gasteiger partial charge in [0.15, 0.2) is 0 Å². The summed E-state index contributed by atoms with van der Waals surface area (Å²) in [5, 5.41) is 13.2. The number of carboxylic acid groups (broad SMARTS) is 1. The lowest BCUT2D eigenvalue weighted by Gasteiger charge is -2.14. The van der Waals surface area contributed by atoms with Gasteiger partial charge in [0, 0.05) is 26.7 Å². The first-order valence-corrected chi connectivity index (χ1v) is 6.92. The van der Waals surface area contributed by atoms with Crippen molar-refractivity contribution in [3.63, 3.8) is 0 Å². The molecule has 0 saturated carbocycles. The number of aliphatic carboxylic acids is 1. The number of rotatable bonds is 7. The van der Waals surface area contributed by atoms with Gasteiger partial charge in [0.05, 0.1) is 12.2 Å². The second-order valence-electron chi connectivity index (χ2n) is 4.00. The van der Waals surface area contributed by atoms with E-state index in [0.29, 0.717) is 0 Å². The summed E-state index contributed by atoms with van der Waals surface area (Å²) < 4.78 is 23.8. The second-order valence-corrected chi connectivity index (χ2v) is 6.30. The lowest BCUT2D eigenvalue weighted by Crippen LogP contribution is -2.43. The third kappa shape index (κ3) is 7.07. The van der Waals surface area contributed by atoms with Crippen molar-refractivity contribution < 1.29 is 23.1 Å². The molecule has 0 aliphatic carbocycles. The Hall–Kier alpha value is -1.35. The van der Waals surface area contributed by atoms with Crippen LogP contribution in [0.2, 0.25) is 0 Å². The number of urea groups is 1. The van der Waals surface area contributed by atoms with Crippen molar-refractivity contribution in [2.75, 3.05) is 26.4 Å². The summed E-state index contributed by atoms with van der Waals surface area (Å²) in [4.78, 5) is 21.6. The summed E-state index contributed by atoms with van der Waals surface area (Å²) in [5.41, 5.74) is 0. The number of hydrogen-bond acceptors (Lipinski definition) is 4. The number of sulfonamides is 1. The Morgan fingerprint density at radius 2 is 1.89 bits per heavy atom. The normalized spacial score (nSPS) is 13.1. The minimum absolute atomic E-state index is 0.0356. The molecule has 9 heteroatoms. The Bertz CT molecular complexity index is 393. The van der Waals surface area contributed by atoms with E-state index in [2.05, 4.69) is 10.6 Å². The standard InChI is InChI=1S/C9H19N3O5S/c1-7(6-8(13)14)11-9(15)10-4-5-18(16,17)12(2)3/h7H,4-6H2,1-3H3,(H,13,14)(H2,10,11,15). The molecular formula is C9H19N3O5S. The van der Waals surface area contributed by atoms with Gasteiger partial charge in [-0.15, -0.1) is 0 Å². The summed E-state index contributed by atoms with van der Waals surface area (Å²) in [6.07, 6.45) is -0.191. The molecule has 0 aromatic carbocycles. The molecule has 0 rings (SSSR count). The van der Waals surface area contributed by atoms with E-state index < -0.39 is 28.1 Å². The molecule has 1 atom stereocenters. The molecule has 8 nitrogen and oxygen atoms in total. The molecule has 0 radical (unpaired) electrons.